The maximum absolute atomic E-state index is 12.2. The molecule has 1 heterocycles. The second-order valence-electron chi connectivity index (χ2n) is 5.31. The molecule has 2 rings (SSSR count). The Labute approximate surface area is 134 Å². The van der Waals surface area contributed by atoms with Crippen LogP contribution in [0.4, 0.5) is 0 Å². The number of likely N-dealkylation sites (N-methyl/N-ethyl adjacent to an activating group) is 1. The number of phenols is 1. The number of hydrogen-bond acceptors (Lipinski definition) is 5. The average molecular weight is 319 g/mol. The van der Waals surface area contributed by atoms with E-state index >= 15 is 0 Å². The van der Waals surface area contributed by atoms with E-state index in [0.29, 0.717) is 42.6 Å². The lowest BCUT2D eigenvalue weighted by Gasteiger charge is -2.15. The molecule has 0 saturated heterocycles. The third-order valence-corrected chi connectivity index (χ3v) is 3.64. The first-order chi connectivity index (χ1) is 11.1. The first kappa shape index (κ1) is 17.0. The summed E-state index contributed by atoms with van der Waals surface area (Å²) in [5.74, 6) is -0.351. The van der Waals surface area contributed by atoms with Gasteiger partial charge < -0.3 is 25.0 Å². The zero-order chi connectivity index (χ0) is 16.8. The molecule has 0 spiro atoms. The number of carbonyl (C=O) groups excluding carboxylic acids is 2. The topological polar surface area (TPSA) is 94.7 Å². The number of aromatic nitrogens is 1. The third kappa shape index (κ3) is 4.08. The van der Waals surface area contributed by atoms with Crippen LogP contribution >= 0.6 is 0 Å². The molecule has 7 nitrogen and oxygen atoms in total. The molecule has 0 bridgehead atoms. The van der Waals surface area contributed by atoms with Crippen molar-refractivity contribution >= 4 is 23.1 Å². The van der Waals surface area contributed by atoms with Gasteiger partial charge in [0.25, 0.3) is 5.91 Å². The van der Waals surface area contributed by atoms with Crippen LogP contribution < -0.4 is 5.32 Å². The molecule has 0 aliphatic heterocycles. The number of aldehydes is 1. The summed E-state index contributed by atoms with van der Waals surface area (Å²) in [5.41, 5.74) is 1.16. The number of carbonyl (C=O) groups is 2. The molecule has 0 aliphatic carbocycles. The highest BCUT2D eigenvalue weighted by molar-refractivity contribution is 6.04. The number of aromatic amines is 1. The van der Waals surface area contributed by atoms with Crippen molar-refractivity contribution in [1.29, 1.82) is 0 Å². The first-order valence-corrected chi connectivity index (χ1v) is 7.32. The van der Waals surface area contributed by atoms with E-state index in [-0.39, 0.29) is 17.2 Å². The molecule has 0 saturated carbocycles. The highest BCUT2D eigenvalue weighted by Crippen LogP contribution is 2.26. The number of aromatic hydroxyl groups is 1. The van der Waals surface area contributed by atoms with Crippen LogP contribution in [0.15, 0.2) is 18.2 Å². The normalized spacial score (nSPS) is 11.1. The molecule has 0 aliphatic rings. The van der Waals surface area contributed by atoms with Crippen LogP contribution in [0.5, 0.6) is 5.75 Å². The fraction of sp³-hybridized carbons (Fsp3) is 0.375. The summed E-state index contributed by atoms with van der Waals surface area (Å²) in [6, 6.07) is 4.63. The molecule has 1 amide bonds. The molecule has 3 N–H and O–H groups in total. The van der Waals surface area contributed by atoms with E-state index in [4.69, 9.17) is 4.74 Å². The van der Waals surface area contributed by atoms with E-state index in [1.807, 2.05) is 7.05 Å². The Morgan fingerprint density at radius 3 is 2.91 bits per heavy atom. The minimum Gasteiger partial charge on any atom is -0.507 e. The molecular formula is C16H21N3O4. The predicted molar refractivity (Wildman–Crippen MR) is 87.1 cm³/mol. The minimum atomic E-state index is -0.252. The minimum absolute atomic E-state index is 0.0989. The van der Waals surface area contributed by atoms with Gasteiger partial charge in [0.05, 0.1) is 12.2 Å². The monoisotopic (exact) mass is 319 g/mol. The molecule has 124 valence electrons. The van der Waals surface area contributed by atoms with E-state index in [9.17, 15) is 14.7 Å². The van der Waals surface area contributed by atoms with Crippen molar-refractivity contribution in [1.82, 2.24) is 15.2 Å². The third-order valence-electron chi connectivity index (χ3n) is 3.64. The highest BCUT2D eigenvalue weighted by atomic mass is 16.5. The van der Waals surface area contributed by atoms with Crippen molar-refractivity contribution in [2.75, 3.05) is 40.4 Å². The van der Waals surface area contributed by atoms with Crippen LogP contribution in [-0.2, 0) is 4.74 Å². The summed E-state index contributed by atoms with van der Waals surface area (Å²) in [6.07, 6.45) is 0.581. The Hall–Kier alpha value is -2.38. The number of rotatable bonds is 8. The van der Waals surface area contributed by atoms with Crippen molar-refractivity contribution in [2.24, 2.45) is 0 Å². The number of amides is 1. The maximum Gasteiger partial charge on any atom is 0.267 e. The van der Waals surface area contributed by atoms with Gasteiger partial charge >= 0.3 is 0 Å². The van der Waals surface area contributed by atoms with E-state index < -0.39 is 0 Å². The van der Waals surface area contributed by atoms with Gasteiger partial charge in [0.2, 0.25) is 0 Å². The van der Waals surface area contributed by atoms with Crippen LogP contribution in [0.3, 0.4) is 0 Å². The predicted octanol–water partition coefficient (Wildman–Crippen LogP) is 0.994. The largest absolute Gasteiger partial charge is 0.507 e. The fourth-order valence-corrected chi connectivity index (χ4v) is 2.28. The van der Waals surface area contributed by atoms with E-state index in [2.05, 4.69) is 15.2 Å². The SMILES string of the molecule is COCCN(C)CCNC(=O)c1cc2c(C=O)c(O)ccc2[nH]1. The van der Waals surface area contributed by atoms with Gasteiger partial charge in [0, 0.05) is 37.6 Å². The van der Waals surface area contributed by atoms with Gasteiger partial charge in [-0.15, -0.1) is 0 Å². The van der Waals surface area contributed by atoms with Gasteiger partial charge in [-0.3, -0.25) is 9.59 Å². The van der Waals surface area contributed by atoms with Crippen LogP contribution in [0.25, 0.3) is 10.9 Å². The second kappa shape index (κ2) is 7.75. The fourth-order valence-electron chi connectivity index (χ4n) is 2.28. The number of nitrogens with one attached hydrogen (secondary N) is 2. The van der Waals surface area contributed by atoms with Crippen molar-refractivity contribution < 1.29 is 19.4 Å². The van der Waals surface area contributed by atoms with E-state index in [1.54, 1.807) is 19.2 Å². The molecule has 7 heteroatoms. The lowest BCUT2D eigenvalue weighted by molar-refractivity contribution is 0.0943. The van der Waals surface area contributed by atoms with Crippen LogP contribution in [0.2, 0.25) is 0 Å². The Bertz CT molecular complexity index is 696. The van der Waals surface area contributed by atoms with Crippen molar-refractivity contribution in [3.63, 3.8) is 0 Å². The van der Waals surface area contributed by atoms with Crippen LogP contribution in [-0.4, -0.2) is 67.6 Å². The first-order valence-electron chi connectivity index (χ1n) is 7.32. The molecule has 0 radical (unpaired) electrons. The summed E-state index contributed by atoms with van der Waals surface area (Å²) in [4.78, 5) is 28.2. The highest BCUT2D eigenvalue weighted by Gasteiger charge is 2.13. The summed E-state index contributed by atoms with van der Waals surface area (Å²) >= 11 is 0. The number of hydrogen-bond donors (Lipinski definition) is 3. The number of nitrogens with zero attached hydrogens (tertiary/aromatic N) is 1. The molecular weight excluding hydrogens is 298 g/mol. The van der Waals surface area contributed by atoms with Gasteiger partial charge in [-0.2, -0.15) is 0 Å². The van der Waals surface area contributed by atoms with Crippen molar-refractivity contribution in [3.05, 3.63) is 29.5 Å². The number of methoxy groups -OCH3 is 1. The van der Waals surface area contributed by atoms with Crippen molar-refractivity contribution in [2.45, 2.75) is 0 Å². The quantitative estimate of drug-likeness (QED) is 0.631. The number of ether oxygens (including phenoxy) is 1. The second-order valence-corrected chi connectivity index (χ2v) is 5.31. The van der Waals surface area contributed by atoms with E-state index in [1.165, 1.54) is 6.07 Å². The Morgan fingerprint density at radius 1 is 1.43 bits per heavy atom. The number of phenolic OH excluding ortho intramolecular Hbond substituents is 1. The summed E-state index contributed by atoms with van der Waals surface area (Å²) in [7, 11) is 3.60. The maximum atomic E-state index is 12.2. The van der Waals surface area contributed by atoms with Crippen LogP contribution in [0.1, 0.15) is 20.8 Å². The number of benzene rings is 1. The number of H-pyrrole nitrogens is 1. The molecule has 0 fully saturated rings. The molecule has 2 aromatic rings. The lowest BCUT2D eigenvalue weighted by Crippen LogP contribution is -2.34. The average Bonchev–Trinajstić information content (AvgIpc) is 2.97. The van der Waals surface area contributed by atoms with Gasteiger partial charge in [-0.05, 0) is 25.2 Å². The summed E-state index contributed by atoms with van der Waals surface area (Å²) < 4.78 is 4.99. The number of fused-ring (bicyclic) bond motifs is 1. The van der Waals surface area contributed by atoms with Gasteiger partial charge in [-0.25, -0.2) is 0 Å². The van der Waals surface area contributed by atoms with E-state index in [0.717, 1.165) is 6.54 Å². The lowest BCUT2D eigenvalue weighted by atomic mass is 10.1. The van der Waals surface area contributed by atoms with Gasteiger partial charge in [-0.1, -0.05) is 0 Å². The smallest absolute Gasteiger partial charge is 0.267 e. The molecule has 23 heavy (non-hydrogen) atoms. The zero-order valence-corrected chi connectivity index (χ0v) is 13.3. The Morgan fingerprint density at radius 2 is 2.22 bits per heavy atom. The van der Waals surface area contributed by atoms with Gasteiger partial charge in [0.15, 0.2) is 6.29 Å². The molecule has 0 atom stereocenters. The Balaban J connectivity index is 2.00. The Kier molecular flexibility index (Phi) is 5.72. The molecule has 1 aromatic heterocycles. The summed E-state index contributed by atoms with van der Waals surface area (Å²) in [5, 5.41) is 13.0. The van der Waals surface area contributed by atoms with Crippen LogP contribution in [0, 0.1) is 0 Å². The standard InChI is InChI=1S/C16H21N3O4/c1-19(7-8-23-2)6-5-17-16(22)14-9-11-12(10-20)15(21)4-3-13(11)18-14/h3-4,9-10,18,21H,5-8H2,1-2H3,(H,17,22). The zero-order valence-electron chi connectivity index (χ0n) is 13.3. The molecule has 0 unspecified atom stereocenters. The summed E-state index contributed by atoms with van der Waals surface area (Å²) in [6.45, 7) is 2.64. The molecule has 1 aromatic carbocycles. The van der Waals surface area contributed by atoms with Gasteiger partial charge in [0.1, 0.15) is 11.4 Å². The van der Waals surface area contributed by atoms with Crippen molar-refractivity contribution in [3.8, 4) is 5.75 Å².